The number of ketones is 1. The molecule has 1 fully saturated rings. The molecule has 1 saturated heterocycles. The van der Waals surface area contributed by atoms with Gasteiger partial charge in [-0.15, -0.1) is 23.5 Å². The first-order valence-electron chi connectivity index (χ1n) is 5.59. The molecule has 19 heavy (non-hydrogen) atoms. The van der Waals surface area contributed by atoms with Gasteiger partial charge in [-0.3, -0.25) is 14.9 Å². The van der Waals surface area contributed by atoms with Crippen LogP contribution >= 0.6 is 23.5 Å². The number of hydrogen-bond acceptors (Lipinski definition) is 5. The maximum Gasteiger partial charge on any atom is 0.269 e. The summed E-state index contributed by atoms with van der Waals surface area (Å²) in [5, 5.41) is 10.5. The van der Waals surface area contributed by atoms with Crippen LogP contribution in [0.3, 0.4) is 0 Å². The second-order valence-electron chi connectivity index (χ2n) is 3.74. The van der Waals surface area contributed by atoms with Gasteiger partial charge in [0.1, 0.15) is 0 Å². The largest absolute Gasteiger partial charge is 0.290 e. The van der Waals surface area contributed by atoms with Crippen LogP contribution in [0.5, 0.6) is 0 Å². The van der Waals surface area contributed by atoms with Crippen LogP contribution in [0.2, 0.25) is 0 Å². The van der Waals surface area contributed by atoms with Gasteiger partial charge in [0.25, 0.3) is 5.69 Å². The molecule has 1 aromatic carbocycles. The molecule has 1 aromatic rings. The molecule has 2 rings (SSSR count). The Balaban J connectivity index is 1.99. The lowest BCUT2D eigenvalue weighted by molar-refractivity contribution is -0.384. The SMILES string of the molecule is O=C(C=Cc1ccc([N+](=O)[O-])cc1)C=C1SCCS1. The number of hydrogen-bond donors (Lipinski definition) is 0. The molecule has 1 aliphatic heterocycles. The van der Waals surface area contributed by atoms with Gasteiger partial charge in [-0.2, -0.15) is 0 Å². The fraction of sp³-hybridized carbons (Fsp3) is 0.154. The van der Waals surface area contributed by atoms with E-state index < -0.39 is 4.92 Å². The monoisotopic (exact) mass is 293 g/mol. The van der Waals surface area contributed by atoms with E-state index in [-0.39, 0.29) is 11.5 Å². The fourth-order valence-corrected chi connectivity index (χ4v) is 3.76. The van der Waals surface area contributed by atoms with Crippen molar-refractivity contribution in [2.75, 3.05) is 11.5 Å². The summed E-state index contributed by atoms with van der Waals surface area (Å²) >= 11 is 3.38. The van der Waals surface area contributed by atoms with Crippen LogP contribution in [0.25, 0.3) is 6.08 Å². The van der Waals surface area contributed by atoms with E-state index in [4.69, 9.17) is 0 Å². The van der Waals surface area contributed by atoms with E-state index >= 15 is 0 Å². The zero-order valence-corrected chi connectivity index (χ0v) is 11.6. The zero-order valence-electron chi connectivity index (χ0n) is 9.94. The highest BCUT2D eigenvalue weighted by atomic mass is 32.2. The van der Waals surface area contributed by atoms with Gasteiger partial charge >= 0.3 is 0 Å². The number of rotatable bonds is 4. The standard InChI is InChI=1S/C13H11NO3S2/c15-12(9-13-18-7-8-19-13)6-3-10-1-4-11(5-2-10)14(16)17/h1-6,9H,7-8H2. The molecule has 0 spiro atoms. The maximum absolute atomic E-state index is 11.6. The first-order valence-corrected chi connectivity index (χ1v) is 7.56. The molecule has 0 atom stereocenters. The average Bonchev–Trinajstić information content (AvgIpc) is 2.89. The van der Waals surface area contributed by atoms with Crippen LogP contribution in [-0.4, -0.2) is 22.2 Å². The Morgan fingerprint density at radius 3 is 2.42 bits per heavy atom. The Morgan fingerprint density at radius 2 is 1.84 bits per heavy atom. The summed E-state index contributed by atoms with van der Waals surface area (Å²) in [6, 6.07) is 6.08. The van der Waals surface area contributed by atoms with Crippen LogP contribution in [0.4, 0.5) is 5.69 Å². The molecule has 0 amide bonds. The smallest absolute Gasteiger partial charge is 0.269 e. The molecule has 4 nitrogen and oxygen atoms in total. The molecular formula is C13H11NO3S2. The Morgan fingerprint density at radius 1 is 1.21 bits per heavy atom. The van der Waals surface area contributed by atoms with Crippen molar-refractivity contribution in [1.29, 1.82) is 0 Å². The maximum atomic E-state index is 11.6. The van der Waals surface area contributed by atoms with Crippen molar-refractivity contribution in [2.24, 2.45) is 0 Å². The van der Waals surface area contributed by atoms with Gasteiger partial charge in [-0.25, -0.2) is 0 Å². The van der Waals surface area contributed by atoms with Crippen molar-refractivity contribution in [2.45, 2.75) is 0 Å². The zero-order chi connectivity index (χ0) is 13.7. The third-order valence-corrected chi connectivity index (χ3v) is 4.96. The van der Waals surface area contributed by atoms with E-state index in [1.807, 2.05) is 0 Å². The minimum Gasteiger partial charge on any atom is -0.290 e. The third kappa shape index (κ3) is 4.25. The molecule has 0 aromatic heterocycles. The van der Waals surface area contributed by atoms with Gasteiger partial charge < -0.3 is 0 Å². The highest BCUT2D eigenvalue weighted by Crippen LogP contribution is 2.35. The third-order valence-electron chi connectivity index (χ3n) is 2.38. The normalized spacial score (nSPS) is 14.8. The topological polar surface area (TPSA) is 60.2 Å². The molecular weight excluding hydrogens is 282 g/mol. The lowest BCUT2D eigenvalue weighted by atomic mass is 10.2. The Bertz CT molecular complexity index is 542. The second kappa shape index (κ2) is 6.58. The molecule has 0 N–H and O–H groups in total. The van der Waals surface area contributed by atoms with Crippen molar-refractivity contribution >= 4 is 41.1 Å². The molecule has 98 valence electrons. The highest BCUT2D eigenvalue weighted by Gasteiger charge is 2.08. The minimum atomic E-state index is -0.447. The number of benzene rings is 1. The minimum absolute atomic E-state index is 0.0457. The molecule has 0 saturated carbocycles. The second-order valence-corrected chi connectivity index (χ2v) is 6.28. The lowest BCUT2D eigenvalue weighted by Gasteiger charge is -1.93. The van der Waals surface area contributed by atoms with Crippen molar-refractivity contribution in [1.82, 2.24) is 0 Å². The van der Waals surface area contributed by atoms with E-state index in [1.54, 1.807) is 47.8 Å². The van der Waals surface area contributed by atoms with E-state index in [9.17, 15) is 14.9 Å². The first kappa shape index (κ1) is 13.9. The first-order chi connectivity index (χ1) is 9.15. The molecule has 1 heterocycles. The van der Waals surface area contributed by atoms with Crippen LogP contribution in [0, 0.1) is 10.1 Å². The molecule has 0 radical (unpaired) electrons. The summed E-state index contributed by atoms with van der Waals surface area (Å²) in [5.74, 6) is 2.04. The fourth-order valence-electron chi connectivity index (χ4n) is 1.46. The molecule has 0 aliphatic carbocycles. The number of nitro benzene ring substituents is 1. The van der Waals surface area contributed by atoms with E-state index in [1.165, 1.54) is 18.2 Å². The van der Waals surface area contributed by atoms with Crippen molar-refractivity contribution in [3.05, 3.63) is 56.3 Å². The van der Waals surface area contributed by atoms with Crippen LogP contribution in [0.15, 0.2) is 40.7 Å². The van der Waals surface area contributed by atoms with Gasteiger partial charge in [0.2, 0.25) is 0 Å². The van der Waals surface area contributed by atoms with Crippen LogP contribution in [0.1, 0.15) is 5.56 Å². The number of nitrogens with zero attached hydrogens (tertiary/aromatic N) is 1. The van der Waals surface area contributed by atoms with Gasteiger partial charge in [0.15, 0.2) is 5.78 Å². The Labute approximate surface area is 119 Å². The molecule has 1 aliphatic rings. The quantitative estimate of drug-likeness (QED) is 0.483. The number of carbonyl (C=O) groups excluding carboxylic acids is 1. The summed E-state index contributed by atoms with van der Waals surface area (Å²) in [7, 11) is 0. The van der Waals surface area contributed by atoms with E-state index in [0.29, 0.717) is 0 Å². The number of carbonyl (C=O) groups is 1. The summed E-state index contributed by atoms with van der Waals surface area (Å²) in [6.45, 7) is 0. The molecule has 0 unspecified atom stereocenters. The van der Waals surface area contributed by atoms with Crippen LogP contribution < -0.4 is 0 Å². The summed E-state index contributed by atoms with van der Waals surface area (Å²) < 4.78 is 1.05. The number of allylic oxidation sites excluding steroid dienone is 2. The Hall–Kier alpha value is -1.53. The predicted molar refractivity (Wildman–Crippen MR) is 80.1 cm³/mol. The highest BCUT2D eigenvalue weighted by molar-refractivity contribution is 8.25. The van der Waals surface area contributed by atoms with Gasteiger partial charge in [0.05, 0.1) is 4.92 Å². The van der Waals surface area contributed by atoms with E-state index in [2.05, 4.69) is 0 Å². The van der Waals surface area contributed by atoms with Crippen LogP contribution in [-0.2, 0) is 4.79 Å². The van der Waals surface area contributed by atoms with Gasteiger partial charge in [-0.05, 0) is 23.8 Å². The average molecular weight is 293 g/mol. The van der Waals surface area contributed by atoms with Crippen molar-refractivity contribution < 1.29 is 9.72 Å². The number of nitro groups is 1. The summed E-state index contributed by atoms with van der Waals surface area (Å²) in [5.41, 5.74) is 0.813. The number of non-ortho nitro benzene ring substituents is 1. The lowest BCUT2D eigenvalue weighted by Crippen LogP contribution is -1.88. The molecule has 6 heteroatoms. The summed E-state index contributed by atoms with van der Waals surface area (Å²) in [6.07, 6.45) is 4.77. The van der Waals surface area contributed by atoms with Gasteiger partial charge in [-0.1, -0.05) is 6.08 Å². The molecule has 0 bridgehead atoms. The van der Waals surface area contributed by atoms with E-state index in [0.717, 1.165) is 21.3 Å². The van der Waals surface area contributed by atoms with Gasteiger partial charge in [0, 0.05) is 34.0 Å². The predicted octanol–water partition coefficient (Wildman–Crippen LogP) is 3.50. The number of thioether (sulfide) groups is 2. The Kier molecular flexibility index (Phi) is 4.81. The van der Waals surface area contributed by atoms with Crippen molar-refractivity contribution in [3.8, 4) is 0 Å². The summed E-state index contributed by atoms with van der Waals surface area (Å²) in [4.78, 5) is 21.7. The van der Waals surface area contributed by atoms with Crippen molar-refractivity contribution in [3.63, 3.8) is 0 Å².